The van der Waals surface area contributed by atoms with E-state index in [4.69, 9.17) is 17.0 Å². The number of pyridine rings is 1. The molecule has 1 aliphatic heterocycles. The minimum Gasteiger partial charge on any atom is -0.383 e. The Bertz CT molecular complexity index is 1050. The molecule has 162 valence electrons. The van der Waals surface area contributed by atoms with Gasteiger partial charge in [-0.05, 0) is 73.9 Å². The predicted molar refractivity (Wildman–Crippen MR) is 130 cm³/mol. The van der Waals surface area contributed by atoms with Crippen molar-refractivity contribution in [1.29, 1.82) is 0 Å². The van der Waals surface area contributed by atoms with Crippen molar-refractivity contribution in [2.24, 2.45) is 0 Å². The second-order valence-electron chi connectivity index (χ2n) is 7.99. The van der Waals surface area contributed by atoms with Gasteiger partial charge in [-0.1, -0.05) is 25.1 Å². The zero-order valence-electron chi connectivity index (χ0n) is 18.6. The minimum absolute atomic E-state index is 0.0115. The number of rotatable bonds is 7. The third kappa shape index (κ3) is 4.10. The molecule has 0 aliphatic carbocycles. The fourth-order valence-electron chi connectivity index (χ4n) is 4.50. The summed E-state index contributed by atoms with van der Waals surface area (Å²) in [5.74, 6) is 0. The molecular weight excluding hydrogens is 404 g/mol. The number of aromatic nitrogens is 2. The van der Waals surface area contributed by atoms with Gasteiger partial charge in [-0.3, -0.25) is 4.98 Å². The molecule has 6 heteroatoms. The minimum atomic E-state index is -0.0315. The highest BCUT2D eigenvalue weighted by atomic mass is 32.1. The zero-order chi connectivity index (χ0) is 22.0. The molecule has 5 nitrogen and oxygen atoms in total. The average molecular weight is 435 g/mol. The van der Waals surface area contributed by atoms with Crippen LogP contribution in [-0.2, 0) is 17.7 Å². The molecule has 3 heterocycles. The normalized spacial score (nSPS) is 18.5. The van der Waals surface area contributed by atoms with E-state index in [0.717, 1.165) is 29.5 Å². The largest absolute Gasteiger partial charge is 0.383 e. The van der Waals surface area contributed by atoms with Crippen LogP contribution in [-0.4, -0.2) is 28.4 Å². The summed E-state index contributed by atoms with van der Waals surface area (Å²) in [5, 5.41) is 4.28. The lowest BCUT2D eigenvalue weighted by Crippen LogP contribution is -2.29. The number of hydrogen-bond donors (Lipinski definition) is 1. The highest BCUT2D eigenvalue weighted by molar-refractivity contribution is 7.80. The summed E-state index contributed by atoms with van der Waals surface area (Å²) in [6.45, 7) is 8.03. The van der Waals surface area contributed by atoms with E-state index in [9.17, 15) is 0 Å². The summed E-state index contributed by atoms with van der Waals surface area (Å²) in [6, 6.07) is 17.0. The van der Waals surface area contributed by atoms with Crippen molar-refractivity contribution in [3.8, 4) is 0 Å². The number of ether oxygens (including phenoxy) is 1. The topological polar surface area (TPSA) is 42.3 Å². The lowest BCUT2D eigenvalue weighted by molar-refractivity contribution is 0.186. The van der Waals surface area contributed by atoms with E-state index in [-0.39, 0.29) is 12.1 Å². The molecule has 1 N–H and O–H groups in total. The average Bonchev–Trinajstić information content (AvgIpc) is 3.28. The highest BCUT2D eigenvalue weighted by Crippen LogP contribution is 2.43. The third-order valence-corrected chi connectivity index (χ3v) is 6.49. The van der Waals surface area contributed by atoms with Gasteiger partial charge in [0.25, 0.3) is 0 Å². The number of nitrogens with one attached hydrogen (secondary N) is 1. The van der Waals surface area contributed by atoms with Crippen LogP contribution >= 0.6 is 12.2 Å². The van der Waals surface area contributed by atoms with Crippen molar-refractivity contribution < 1.29 is 4.74 Å². The van der Waals surface area contributed by atoms with E-state index >= 15 is 0 Å². The number of benzene rings is 1. The molecule has 3 aromatic rings. The first-order chi connectivity index (χ1) is 15.0. The van der Waals surface area contributed by atoms with Crippen LogP contribution in [0.3, 0.4) is 0 Å². The van der Waals surface area contributed by atoms with Crippen molar-refractivity contribution in [2.45, 2.75) is 45.8 Å². The molecule has 0 spiro atoms. The number of methoxy groups -OCH3 is 1. The Morgan fingerprint density at radius 2 is 1.90 bits per heavy atom. The smallest absolute Gasteiger partial charge is 0.174 e. The molecule has 4 rings (SSSR count). The maximum atomic E-state index is 5.85. The lowest BCUT2D eigenvalue weighted by atomic mass is 9.96. The van der Waals surface area contributed by atoms with Gasteiger partial charge in [-0.25, -0.2) is 0 Å². The highest BCUT2D eigenvalue weighted by Gasteiger charge is 2.42. The quantitative estimate of drug-likeness (QED) is 0.537. The SMILES string of the molecule is CCc1ccc(N2C(=S)N[C@H](c3ccccn3)[C@@H]2c2cc(C)n(CCOC)c2C)cc1. The molecular formula is C25H30N4OS. The number of hydrogen-bond acceptors (Lipinski definition) is 3. The van der Waals surface area contributed by atoms with Gasteiger partial charge in [0.05, 0.1) is 24.4 Å². The Hall–Kier alpha value is -2.70. The summed E-state index contributed by atoms with van der Waals surface area (Å²) in [4.78, 5) is 6.91. The van der Waals surface area contributed by atoms with Crippen LogP contribution in [0.25, 0.3) is 0 Å². The van der Waals surface area contributed by atoms with Gasteiger partial charge in [-0.2, -0.15) is 0 Å². The van der Waals surface area contributed by atoms with Gasteiger partial charge < -0.3 is 19.5 Å². The van der Waals surface area contributed by atoms with E-state index in [2.05, 4.69) is 76.9 Å². The zero-order valence-corrected chi connectivity index (χ0v) is 19.4. The van der Waals surface area contributed by atoms with Gasteiger partial charge in [0.1, 0.15) is 0 Å². The molecule has 2 aromatic heterocycles. The molecule has 1 aromatic carbocycles. The van der Waals surface area contributed by atoms with Gasteiger partial charge in [0.2, 0.25) is 0 Å². The molecule has 1 saturated heterocycles. The molecule has 0 bridgehead atoms. The fraction of sp³-hybridized carbons (Fsp3) is 0.360. The first-order valence-electron chi connectivity index (χ1n) is 10.8. The van der Waals surface area contributed by atoms with Crippen molar-refractivity contribution in [2.75, 3.05) is 18.6 Å². The van der Waals surface area contributed by atoms with E-state index in [1.807, 2.05) is 18.3 Å². The summed E-state index contributed by atoms with van der Waals surface area (Å²) in [5.41, 5.74) is 7.13. The Morgan fingerprint density at radius 1 is 1.13 bits per heavy atom. The molecule has 1 aliphatic rings. The van der Waals surface area contributed by atoms with Crippen LogP contribution in [0.2, 0.25) is 0 Å². The standard InChI is InChI=1S/C25H30N4OS/c1-5-19-9-11-20(12-10-19)29-24(21-16-17(2)28(18(21)3)14-15-30-4)23(27-25(29)31)22-8-6-7-13-26-22/h6-13,16,23-24H,5,14-15H2,1-4H3,(H,27,31)/t23-,24+/m1/s1. The van der Waals surface area contributed by atoms with Gasteiger partial charge in [0, 0.05) is 36.9 Å². The van der Waals surface area contributed by atoms with Gasteiger partial charge in [-0.15, -0.1) is 0 Å². The van der Waals surface area contributed by atoms with Crippen molar-refractivity contribution >= 4 is 23.0 Å². The fourth-order valence-corrected chi connectivity index (χ4v) is 4.84. The summed E-state index contributed by atoms with van der Waals surface area (Å²) < 4.78 is 7.66. The van der Waals surface area contributed by atoms with E-state index < -0.39 is 0 Å². The number of thiocarbonyl (C=S) groups is 1. The number of aryl methyl sites for hydroxylation is 2. The molecule has 1 fully saturated rings. The van der Waals surface area contributed by atoms with Crippen LogP contribution in [0.5, 0.6) is 0 Å². The van der Waals surface area contributed by atoms with Crippen molar-refractivity contribution in [1.82, 2.24) is 14.9 Å². The summed E-state index contributed by atoms with van der Waals surface area (Å²) in [6.07, 6.45) is 2.86. The Kier molecular flexibility index (Phi) is 6.39. The molecule has 31 heavy (non-hydrogen) atoms. The van der Waals surface area contributed by atoms with Gasteiger partial charge >= 0.3 is 0 Å². The first kappa shape index (κ1) is 21.5. The predicted octanol–water partition coefficient (Wildman–Crippen LogP) is 4.89. The van der Waals surface area contributed by atoms with Crippen LogP contribution in [0.4, 0.5) is 5.69 Å². The molecule has 2 atom stereocenters. The van der Waals surface area contributed by atoms with Crippen molar-refractivity contribution in [3.63, 3.8) is 0 Å². The molecule has 0 saturated carbocycles. The first-order valence-corrected chi connectivity index (χ1v) is 11.2. The third-order valence-electron chi connectivity index (χ3n) is 6.17. The second kappa shape index (κ2) is 9.20. The Labute approximate surface area is 190 Å². The second-order valence-corrected chi connectivity index (χ2v) is 8.37. The van der Waals surface area contributed by atoms with E-state index in [1.165, 1.54) is 22.5 Å². The van der Waals surface area contributed by atoms with E-state index in [1.54, 1.807) is 7.11 Å². The van der Waals surface area contributed by atoms with Crippen molar-refractivity contribution in [3.05, 3.63) is 82.9 Å². The molecule has 0 unspecified atom stereocenters. The Morgan fingerprint density at radius 3 is 2.55 bits per heavy atom. The monoisotopic (exact) mass is 434 g/mol. The maximum Gasteiger partial charge on any atom is 0.174 e. The molecule has 0 radical (unpaired) electrons. The van der Waals surface area contributed by atoms with Crippen LogP contribution in [0, 0.1) is 13.8 Å². The summed E-state index contributed by atoms with van der Waals surface area (Å²) >= 11 is 5.85. The number of nitrogens with zero attached hydrogens (tertiary/aromatic N) is 3. The van der Waals surface area contributed by atoms with Crippen LogP contribution in [0.15, 0.2) is 54.7 Å². The van der Waals surface area contributed by atoms with Crippen LogP contribution in [0.1, 0.15) is 47.2 Å². The molecule has 0 amide bonds. The number of anilines is 1. The van der Waals surface area contributed by atoms with Gasteiger partial charge in [0.15, 0.2) is 5.11 Å². The Balaban J connectivity index is 1.82. The summed E-state index contributed by atoms with van der Waals surface area (Å²) in [7, 11) is 1.74. The van der Waals surface area contributed by atoms with E-state index in [0.29, 0.717) is 6.61 Å². The lowest BCUT2D eigenvalue weighted by Gasteiger charge is -2.28. The van der Waals surface area contributed by atoms with Crippen LogP contribution < -0.4 is 10.2 Å². The maximum absolute atomic E-state index is 5.85.